The van der Waals surface area contributed by atoms with Crippen LogP contribution in [0.25, 0.3) is 0 Å². The molecule has 7 heteroatoms. The maximum Gasteiger partial charge on any atom is 0.255 e. The number of aryl methyl sites for hydroxylation is 1. The second-order valence-electron chi connectivity index (χ2n) is 5.41. The van der Waals surface area contributed by atoms with Crippen LogP contribution in [0.5, 0.6) is 0 Å². The molecule has 2 aromatic rings. The first-order valence-electron chi connectivity index (χ1n) is 7.02. The number of H-pyrrole nitrogens is 2. The predicted octanol–water partition coefficient (Wildman–Crippen LogP) is 1.09. The van der Waals surface area contributed by atoms with Crippen molar-refractivity contribution in [2.45, 2.75) is 25.4 Å². The van der Waals surface area contributed by atoms with Gasteiger partial charge in [0.2, 0.25) is 0 Å². The number of aromatic amines is 2. The Labute approximate surface area is 122 Å². The van der Waals surface area contributed by atoms with E-state index in [9.17, 15) is 4.79 Å². The number of carbonyl (C=O) groups is 1. The number of hydrogen-bond acceptors (Lipinski definition) is 4. The summed E-state index contributed by atoms with van der Waals surface area (Å²) in [7, 11) is 1.80. The second kappa shape index (κ2) is 5.69. The van der Waals surface area contributed by atoms with Crippen LogP contribution >= 0.6 is 0 Å². The summed E-state index contributed by atoms with van der Waals surface area (Å²) in [6.45, 7) is 3.14. The number of likely N-dealkylation sites (N-methyl/N-ethyl adjacent to an activating group) is 1. The molecule has 3 heterocycles. The molecule has 1 fully saturated rings. The predicted molar refractivity (Wildman–Crippen MR) is 76.0 cm³/mol. The number of nitrogens with one attached hydrogen (secondary N) is 2. The Kier molecular flexibility index (Phi) is 3.74. The number of ether oxygens (including phenoxy) is 1. The van der Waals surface area contributed by atoms with Crippen LogP contribution in [-0.4, -0.2) is 57.3 Å². The highest BCUT2D eigenvalue weighted by atomic mass is 16.5. The fraction of sp³-hybridized carbons (Fsp3) is 0.500. The summed E-state index contributed by atoms with van der Waals surface area (Å²) in [4.78, 5) is 21.3. The Morgan fingerprint density at radius 1 is 1.52 bits per heavy atom. The third-order valence-electron chi connectivity index (χ3n) is 3.98. The van der Waals surface area contributed by atoms with Gasteiger partial charge in [0.25, 0.3) is 5.91 Å². The van der Waals surface area contributed by atoms with Crippen LogP contribution < -0.4 is 0 Å². The molecule has 3 rings (SSSR count). The smallest absolute Gasteiger partial charge is 0.255 e. The monoisotopic (exact) mass is 289 g/mol. The third kappa shape index (κ3) is 2.69. The number of carbonyl (C=O) groups excluding carboxylic acids is 1. The summed E-state index contributed by atoms with van der Waals surface area (Å²) in [6.07, 6.45) is 5.90. The molecular weight excluding hydrogens is 270 g/mol. The van der Waals surface area contributed by atoms with Crippen molar-refractivity contribution in [2.75, 3.05) is 20.2 Å². The van der Waals surface area contributed by atoms with Crippen LogP contribution in [0.1, 0.15) is 34.1 Å². The first-order valence-corrected chi connectivity index (χ1v) is 7.02. The lowest BCUT2D eigenvalue weighted by Crippen LogP contribution is -2.36. The van der Waals surface area contributed by atoms with Crippen LogP contribution in [0.3, 0.4) is 0 Å². The molecule has 112 valence electrons. The zero-order valence-electron chi connectivity index (χ0n) is 12.2. The van der Waals surface area contributed by atoms with E-state index in [1.54, 1.807) is 18.1 Å². The van der Waals surface area contributed by atoms with Crippen LogP contribution in [0.2, 0.25) is 0 Å². The van der Waals surface area contributed by atoms with Crippen LogP contribution in [-0.2, 0) is 4.74 Å². The lowest BCUT2D eigenvalue weighted by molar-refractivity contribution is 0.0550. The zero-order valence-corrected chi connectivity index (χ0v) is 12.2. The van der Waals surface area contributed by atoms with Gasteiger partial charge >= 0.3 is 0 Å². The lowest BCUT2D eigenvalue weighted by Gasteiger charge is -2.24. The van der Waals surface area contributed by atoms with Gasteiger partial charge in [0.1, 0.15) is 12.2 Å². The highest BCUT2D eigenvalue weighted by molar-refractivity contribution is 5.95. The highest BCUT2D eigenvalue weighted by Crippen LogP contribution is 2.29. The SMILES string of the molecule is Cc1c[nH]cc1C(=O)N(C)C[C@H]1OCC[C@H]1c1ncn[nH]1. The minimum Gasteiger partial charge on any atom is -0.376 e. The molecule has 0 spiro atoms. The van der Waals surface area contributed by atoms with E-state index in [1.807, 2.05) is 13.1 Å². The Morgan fingerprint density at radius 2 is 2.38 bits per heavy atom. The highest BCUT2D eigenvalue weighted by Gasteiger charge is 2.33. The van der Waals surface area contributed by atoms with Gasteiger partial charge in [-0.25, -0.2) is 4.98 Å². The van der Waals surface area contributed by atoms with Crippen LogP contribution in [0, 0.1) is 6.92 Å². The molecular formula is C14H19N5O2. The van der Waals surface area contributed by atoms with Crippen molar-refractivity contribution in [1.82, 2.24) is 25.1 Å². The summed E-state index contributed by atoms with van der Waals surface area (Å²) in [5.41, 5.74) is 1.65. The second-order valence-corrected chi connectivity index (χ2v) is 5.41. The van der Waals surface area contributed by atoms with Crippen molar-refractivity contribution < 1.29 is 9.53 Å². The van der Waals surface area contributed by atoms with Crippen molar-refractivity contribution in [1.29, 1.82) is 0 Å². The van der Waals surface area contributed by atoms with Gasteiger partial charge < -0.3 is 14.6 Å². The topological polar surface area (TPSA) is 86.9 Å². The van der Waals surface area contributed by atoms with E-state index in [4.69, 9.17) is 4.74 Å². The lowest BCUT2D eigenvalue weighted by atomic mass is 10.0. The van der Waals surface area contributed by atoms with Gasteiger partial charge in [-0.3, -0.25) is 9.89 Å². The molecule has 1 saturated heterocycles. The number of nitrogens with zero attached hydrogens (tertiary/aromatic N) is 3. The zero-order chi connectivity index (χ0) is 14.8. The van der Waals surface area contributed by atoms with Crippen LogP contribution in [0.4, 0.5) is 0 Å². The maximum absolute atomic E-state index is 12.4. The molecule has 2 aromatic heterocycles. The molecule has 21 heavy (non-hydrogen) atoms. The Balaban J connectivity index is 1.68. The summed E-state index contributed by atoms with van der Waals surface area (Å²) in [5, 5.41) is 6.79. The van der Waals surface area contributed by atoms with Crippen molar-refractivity contribution in [3.05, 3.63) is 35.7 Å². The van der Waals surface area contributed by atoms with Crippen molar-refractivity contribution >= 4 is 5.91 Å². The van der Waals surface area contributed by atoms with Crippen LogP contribution in [0.15, 0.2) is 18.7 Å². The van der Waals surface area contributed by atoms with Gasteiger partial charge in [0, 0.05) is 38.5 Å². The summed E-state index contributed by atoms with van der Waals surface area (Å²) in [6, 6.07) is 0. The fourth-order valence-corrected chi connectivity index (χ4v) is 2.77. The summed E-state index contributed by atoms with van der Waals surface area (Å²) >= 11 is 0. The average Bonchev–Trinajstić information content (AvgIpc) is 3.17. The van der Waals surface area contributed by atoms with Gasteiger partial charge in [-0.1, -0.05) is 0 Å². The molecule has 1 aliphatic rings. The van der Waals surface area contributed by atoms with Gasteiger partial charge in [-0.15, -0.1) is 0 Å². The van der Waals surface area contributed by atoms with E-state index in [-0.39, 0.29) is 17.9 Å². The maximum atomic E-state index is 12.4. The van der Waals surface area contributed by atoms with Gasteiger partial charge in [-0.2, -0.15) is 5.10 Å². The molecule has 1 aliphatic heterocycles. The summed E-state index contributed by atoms with van der Waals surface area (Å²) in [5.74, 6) is 0.992. The van der Waals surface area contributed by atoms with E-state index < -0.39 is 0 Å². The molecule has 0 aromatic carbocycles. The number of amides is 1. The molecule has 1 amide bonds. The Morgan fingerprint density at radius 3 is 3.05 bits per heavy atom. The van der Waals surface area contributed by atoms with Crippen molar-refractivity contribution in [2.24, 2.45) is 0 Å². The van der Waals surface area contributed by atoms with Gasteiger partial charge in [0.05, 0.1) is 11.7 Å². The van der Waals surface area contributed by atoms with E-state index in [0.29, 0.717) is 18.7 Å². The molecule has 0 saturated carbocycles. The largest absolute Gasteiger partial charge is 0.376 e. The van der Waals surface area contributed by atoms with E-state index in [0.717, 1.165) is 17.8 Å². The quantitative estimate of drug-likeness (QED) is 0.882. The third-order valence-corrected chi connectivity index (χ3v) is 3.98. The number of rotatable bonds is 4. The molecule has 2 N–H and O–H groups in total. The molecule has 2 atom stereocenters. The summed E-state index contributed by atoms with van der Waals surface area (Å²) < 4.78 is 5.77. The molecule has 0 aliphatic carbocycles. The van der Waals surface area contributed by atoms with Gasteiger partial charge in [0.15, 0.2) is 0 Å². The minimum absolute atomic E-state index is 0.000528. The van der Waals surface area contributed by atoms with Gasteiger partial charge in [-0.05, 0) is 18.9 Å². The molecule has 0 bridgehead atoms. The number of hydrogen-bond donors (Lipinski definition) is 2. The van der Waals surface area contributed by atoms with Crippen molar-refractivity contribution in [3.63, 3.8) is 0 Å². The van der Waals surface area contributed by atoms with Crippen molar-refractivity contribution in [3.8, 4) is 0 Å². The Bertz CT molecular complexity index is 607. The minimum atomic E-state index is -0.0499. The molecule has 7 nitrogen and oxygen atoms in total. The normalized spacial score (nSPS) is 21.6. The van der Waals surface area contributed by atoms with E-state index >= 15 is 0 Å². The average molecular weight is 289 g/mol. The standard InChI is InChI=1S/C14H19N5O2/c1-9-5-15-6-11(9)14(20)19(2)7-12-10(3-4-21-12)13-16-8-17-18-13/h5-6,8,10,12,15H,3-4,7H2,1-2H3,(H,16,17,18)/t10-,12-/m1/s1. The number of aromatic nitrogens is 4. The first kappa shape index (κ1) is 13.8. The fourth-order valence-electron chi connectivity index (χ4n) is 2.77. The molecule has 0 radical (unpaired) electrons. The van der Waals surface area contributed by atoms with E-state index in [2.05, 4.69) is 20.2 Å². The first-order chi connectivity index (χ1) is 10.2. The van der Waals surface area contributed by atoms with E-state index in [1.165, 1.54) is 6.33 Å². The Hall–Kier alpha value is -2.15. The molecule has 0 unspecified atom stereocenters.